The number of halogens is 1. The highest BCUT2D eigenvalue weighted by molar-refractivity contribution is 6.30. The van der Waals surface area contributed by atoms with Crippen molar-refractivity contribution in [2.75, 3.05) is 51.3 Å². The van der Waals surface area contributed by atoms with E-state index in [-0.39, 0.29) is 5.41 Å². The van der Waals surface area contributed by atoms with Crippen LogP contribution in [0, 0.1) is 5.41 Å². The number of hydrogen-bond donors (Lipinski definition) is 1. The Kier molecular flexibility index (Phi) is 6.75. The topological polar surface area (TPSA) is 54.1 Å². The number of guanidine groups is 1. The normalized spacial score (nSPS) is 16.6. The Labute approximate surface area is 150 Å². The highest BCUT2D eigenvalue weighted by Crippen LogP contribution is 2.21. The predicted molar refractivity (Wildman–Crippen MR) is 102 cm³/mol. The summed E-state index contributed by atoms with van der Waals surface area (Å²) >= 11 is 5.95. The van der Waals surface area contributed by atoms with Gasteiger partial charge in [-0.2, -0.15) is 0 Å². The van der Waals surface area contributed by atoms with Crippen molar-refractivity contribution < 1.29 is 4.74 Å². The lowest BCUT2D eigenvalue weighted by molar-refractivity contribution is 0.155. The van der Waals surface area contributed by atoms with Crippen molar-refractivity contribution in [3.8, 4) is 0 Å². The molecular weight excluding hydrogens is 324 g/mol. The number of piperazine rings is 1. The van der Waals surface area contributed by atoms with Gasteiger partial charge < -0.3 is 20.3 Å². The number of nitrogens with zero attached hydrogens (tertiary/aromatic N) is 3. The van der Waals surface area contributed by atoms with Crippen molar-refractivity contribution in [2.45, 2.75) is 20.3 Å². The summed E-state index contributed by atoms with van der Waals surface area (Å²) in [6.07, 6.45) is 0.977. The number of rotatable bonds is 6. The number of anilines is 1. The molecule has 0 aromatic heterocycles. The Morgan fingerprint density at radius 1 is 1.21 bits per heavy atom. The molecule has 2 rings (SSSR count). The molecule has 0 amide bonds. The standard InChI is InChI=1S/C18H29ClN4O/c1-18(2,8-13-24-3)14-21-17(20)23-11-9-22(10-12-23)16-6-4-15(19)5-7-16/h4-7H,8-14H2,1-3H3,(H2,20,21). The van der Waals surface area contributed by atoms with Gasteiger partial charge in [0.05, 0.1) is 0 Å². The van der Waals surface area contributed by atoms with E-state index in [1.807, 2.05) is 12.1 Å². The van der Waals surface area contributed by atoms with Gasteiger partial charge in [-0.05, 0) is 36.1 Å². The molecule has 0 aliphatic carbocycles. The highest BCUT2D eigenvalue weighted by Gasteiger charge is 2.21. The van der Waals surface area contributed by atoms with E-state index in [9.17, 15) is 0 Å². The lowest BCUT2D eigenvalue weighted by atomic mass is 9.90. The number of hydrogen-bond acceptors (Lipinski definition) is 3. The summed E-state index contributed by atoms with van der Waals surface area (Å²) in [5, 5.41) is 0.768. The molecule has 1 aromatic rings. The minimum atomic E-state index is 0.103. The zero-order chi connectivity index (χ0) is 17.6. The molecule has 1 aromatic carbocycles. The molecule has 1 aliphatic rings. The summed E-state index contributed by atoms with van der Waals surface area (Å²) in [5.74, 6) is 0.649. The van der Waals surface area contributed by atoms with Gasteiger partial charge in [0.15, 0.2) is 5.96 Å². The Morgan fingerprint density at radius 2 is 1.83 bits per heavy atom. The smallest absolute Gasteiger partial charge is 0.191 e. The fraction of sp³-hybridized carbons (Fsp3) is 0.611. The first-order valence-electron chi connectivity index (χ1n) is 8.46. The Hall–Kier alpha value is -1.46. The SMILES string of the molecule is COCCC(C)(C)CN=C(N)N1CCN(c2ccc(Cl)cc2)CC1. The first-order valence-corrected chi connectivity index (χ1v) is 8.83. The van der Waals surface area contributed by atoms with Gasteiger partial charge in [0.1, 0.15) is 0 Å². The van der Waals surface area contributed by atoms with Crippen LogP contribution in [0.5, 0.6) is 0 Å². The number of aliphatic imine (C=N–C) groups is 1. The zero-order valence-corrected chi connectivity index (χ0v) is 15.7. The summed E-state index contributed by atoms with van der Waals surface area (Å²) in [6.45, 7) is 9.51. The number of methoxy groups -OCH3 is 1. The van der Waals surface area contributed by atoms with E-state index in [4.69, 9.17) is 22.1 Å². The average molecular weight is 353 g/mol. The molecule has 1 aliphatic heterocycles. The molecule has 1 fully saturated rings. The van der Waals surface area contributed by atoms with Gasteiger partial charge in [-0.25, -0.2) is 0 Å². The molecule has 1 saturated heterocycles. The lowest BCUT2D eigenvalue weighted by Crippen LogP contribution is -2.51. The fourth-order valence-electron chi connectivity index (χ4n) is 2.70. The summed E-state index contributed by atoms with van der Waals surface area (Å²) in [6, 6.07) is 7.99. The maximum atomic E-state index is 6.20. The van der Waals surface area contributed by atoms with Gasteiger partial charge in [0.25, 0.3) is 0 Å². The van der Waals surface area contributed by atoms with Crippen LogP contribution in [-0.4, -0.2) is 57.3 Å². The van der Waals surface area contributed by atoms with Crippen LogP contribution in [0.3, 0.4) is 0 Å². The summed E-state index contributed by atoms with van der Waals surface area (Å²) < 4.78 is 5.16. The molecular formula is C18H29ClN4O. The Balaban J connectivity index is 1.84. The van der Waals surface area contributed by atoms with Crippen LogP contribution in [0.2, 0.25) is 5.02 Å². The van der Waals surface area contributed by atoms with Crippen molar-refractivity contribution >= 4 is 23.2 Å². The molecule has 0 unspecified atom stereocenters. The molecule has 0 bridgehead atoms. The third-order valence-electron chi connectivity index (χ3n) is 4.45. The van der Waals surface area contributed by atoms with Crippen LogP contribution in [-0.2, 0) is 4.74 Å². The van der Waals surface area contributed by atoms with E-state index < -0.39 is 0 Å². The van der Waals surface area contributed by atoms with Gasteiger partial charge in [0, 0.05) is 57.2 Å². The van der Waals surface area contributed by atoms with Crippen LogP contribution in [0.1, 0.15) is 20.3 Å². The van der Waals surface area contributed by atoms with Gasteiger partial charge in [-0.3, -0.25) is 4.99 Å². The number of ether oxygens (including phenoxy) is 1. The van der Waals surface area contributed by atoms with Crippen molar-refractivity contribution in [2.24, 2.45) is 16.1 Å². The maximum Gasteiger partial charge on any atom is 0.191 e. The fourth-order valence-corrected chi connectivity index (χ4v) is 2.82. The van der Waals surface area contributed by atoms with Gasteiger partial charge >= 0.3 is 0 Å². The van der Waals surface area contributed by atoms with Crippen LogP contribution < -0.4 is 10.6 Å². The number of nitrogens with two attached hydrogens (primary N) is 1. The molecule has 0 radical (unpaired) electrons. The summed E-state index contributed by atoms with van der Waals surface area (Å²) in [4.78, 5) is 9.13. The second kappa shape index (κ2) is 8.58. The van der Waals surface area contributed by atoms with Crippen LogP contribution in [0.4, 0.5) is 5.69 Å². The first kappa shape index (κ1) is 18.9. The molecule has 5 nitrogen and oxygen atoms in total. The van der Waals surface area contributed by atoms with Crippen molar-refractivity contribution in [3.05, 3.63) is 29.3 Å². The van der Waals surface area contributed by atoms with Gasteiger partial charge in [-0.15, -0.1) is 0 Å². The predicted octanol–water partition coefficient (Wildman–Crippen LogP) is 2.84. The van der Waals surface area contributed by atoms with E-state index in [1.54, 1.807) is 7.11 Å². The Morgan fingerprint density at radius 3 is 2.42 bits per heavy atom. The minimum absolute atomic E-state index is 0.103. The molecule has 0 saturated carbocycles. The number of benzene rings is 1. The van der Waals surface area contributed by atoms with Crippen molar-refractivity contribution in [1.82, 2.24) is 4.90 Å². The molecule has 0 atom stereocenters. The highest BCUT2D eigenvalue weighted by atomic mass is 35.5. The summed E-state index contributed by atoms with van der Waals surface area (Å²) in [7, 11) is 1.73. The zero-order valence-electron chi connectivity index (χ0n) is 15.0. The van der Waals surface area contributed by atoms with Crippen molar-refractivity contribution in [1.29, 1.82) is 0 Å². The van der Waals surface area contributed by atoms with E-state index in [1.165, 1.54) is 5.69 Å². The molecule has 2 N–H and O–H groups in total. The van der Waals surface area contributed by atoms with E-state index in [0.717, 1.165) is 50.8 Å². The van der Waals surface area contributed by atoms with Crippen LogP contribution in [0.15, 0.2) is 29.3 Å². The molecule has 0 spiro atoms. The summed E-state index contributed by atoms with van der Waals surface area (Å²) in [5.41, 5.74) is 7.50. The molecule has 1 heterocycles. The largest absolute Gasteiger partial charge is 0.385 e. The minimum Gasteiger partial charge on any atom is -0.385 e. The quantitative estimate of drug-likeness (QED) is 0.632. The second-order valence-corrected chi connectivity index (χ2v) is 7.47. The Bertz CT molecular complexity index is 536. The second-order valence-electron chi connectivity index (χ2n) is 7.03. The van der Waals surface area contributed by atoms with E-state index >= 15 is 0 Å². The molecule has 134 valence electrons. The molecule has 6 heteroatoms. The lowest BCUT2D eigenvalue weighted by Gasteiger charge is -2.37. The monoisotopic (exact) mass is 352 g/mol. The van der Waals surface area contributed by atoms with E-state index in [2.05, 4.69) is 40.8 Å². The molecule has 24 heavy (non-hydrogen) atoms. The van der Waals surface area contributed by atoms with Crippen LogP contribution >= 0.6 is 11.6 Å². The maximum absolute atomic E-state index is 6.20. The van der Waals surface area contributed by atoms with E-state index in [0.29, 0.717) is 5.96 Å². The van der Waals surface area contributed by atoms with Crippen molar-refractivity contribution in [3.63, 3.8) is 0 Å². The average Bonchev–Trinajstić information content (AvgIpc) is 2.59. The van der Waals surface area contributed by atoms with Gasteiger partial charge in [0.2, 0.25) is 0 Å². The van der Waals surface area contributed by atoms with Crippen LogP contribution in [0.25, 0.3) is 0 Å². The first-order chi connectivity index (χ1) is 11.4. The third kappa shape index (κ3) is 5.56. The van der Waals surface area contributed by atoms with Gasteiger partial charge in [-0.1, -0.05) is 25.4 Å². The third-order valence-corrected chi connectivity index (χ3v) is 4.70.